The van der Waals surface area contributed by atoms with Gasteiger partial charge in [0.25, 0.3) is 0 Å². The molecule has 2 fully saturated rings. The second-order valence-electron chi connectivity index (χ2n) is 10.0. The Morgan fingerprint density at radius 3 is 2.51 bits per heavy atom. The van der Waals surface area contributed by atoms with Gasteiger partial charge in [0.1, 0.15) is 19.0 Å². The highest BCUT2D eigenvalue weighted by atomic mass is 19.1. The number of nitrogens with two attached hydrogens (primary N) is 1. The third-order valence-corrected chi connectivity index (χ3v) is 7.55. The average Bonchev–Trinajstić information content (AvgIpc) is 2.90. The first-order chi connectivity index (χ1) is 17.1. The second-order valence-corrected chi connectivity index (χ2v) is 10.0. The molecule has 0 saturated carbocycles. The number of rotatable bonds is 8. The Bertz CT molecular complexity index is 1150. The number of alkyl halides is 1. The molecule has 0 radical (unpaired) electrons. The van der Waals surface area contributed by atoms with Crippen molar-refractivity contribution in [1.29, 1.82) is 0 Å². The first-order valence-electron chi connectivity index (χ1n) is 12.7. The summed E-state index contributed by atoms with van der Waals surface area (Å²) in [6.07, 6.45) is 3.25. The summed E-state index contributed by atoms with van der Waals surface area (Å²) in [5, 5.41) is 0. The van der Waals surface area contributed by atoms with Crippen LogP contribution in [0.2, 0.25) is 0 Å². The van der Waals surface area contributed by atoms with Crippen molar-refractivity contribution in [3.05, 3.63) is 83.4 Å². The summed E-state index contributed by atoms with van der Waals surface area (Å²) < 4.78 is 25.0. The van der Waals surface area contributed by atoms with Gasteiger partial charge >= 0.3 is 0 Å². The fourth-order valence-electron chi connectivity index (χ4n) is 5.16. The van der Waals surface area contributed by atoms with E-state index in [1.54, 1.807) is 0 Å². The zero-order chi connectivity index (χ0) is 24.3. The van der Waals surface area contributed by atoms with Crippen molar-refractivity contribution in [3.8, 4) is 16.9 Å². The van der Waals surface area contributed by atoms with Gasteiger partial charge in [-0.25, -0.2) is 4.39 Å². The number of halogens is 1. The maximum atomic E-state index is 13.2. The number of nitrogens with zero attached hydrogens (tertiary/aromatic N) is 1. The fraction of sp³-hybridized carbons (Fsp3) is 0.400. The minimum absolute atomic E-state index is 0.390. The number of piperidine rings is 1. The lowest BCUT2D eigenvalue weighted by Gasteiger charge is -2.48. The van der Waals surface area contributed by atoms with Gasteiger partial charge in [0.15, 0.2) is 0 Å². The van der Waals surface area contributed by atoms with E-state index in [0.717, 1.165) is 73.6 Å². The van der Waals surface area contributed by atoms with Crippen molar-refractivity contribution in [2.75, 3.05) is 37.9 Å². The van der Waals surface area contributed by atoms with Gasteiger partial charge < -0.3 is 20.1 Å². The van der Waals surface area contributed by atoms with E-state index in [1.165, 1.54) is 11.3 Å². The quantitative estimate of drug-likeness (QED) is 0.430. The topological polar surface area (TPSA) is 47.7 Å². The minimum atomic E-state index is -0.602. The molecule has 1 unspecified atom stereocenters. The molecule has 5 heteroatoms. The van der Waals surface area contributed by atoms with E-state index in [1.807, 2.05) is 30.3 Å². The molecule has 2 heterocycles. The van der Waals surface area contributed by atoms with E-state index in [-0.39, 0.29) is 0 Å². The van der Waals surface area contributed by atoms with Crippen LogP contribution < -0.4 is 15.4 Å². The summed E-state index contributed by atoms with van der Waals surface area (Å²) in [5.74, 6) is 0.933. The summed E-state index contributed by atoms with van der Waals surface area (Å²) >= 11 is 0. The lowest BCUT2D eigenvalue weighted by molar-refractivity contribution is -0.124. The molecule has 35 heavy (non-hydrogen) atoms. The molecule has 2 aliphatic rings. The first-order valence-corrected chi connectivity index (χ1v) is 12.7. The number of hydrogen-bond donors (Lipinski definition) is 1. The van der Waals surface area contributed by atoms with Crippen LogP contribution in [0.4, 0.5) is 10.1 Å². The van der Waals surface area contributed by atoms with Crippen molar-refractivity contribution in [2.45, 2.75) is 38.8 Å². The number of ether oxygens (including phenoxy) is 2. The normalized spacial score (nSPS) is 17.7. The van der Waals surface area contributed by atoms with Crippen LogP contribution in [0.25, 0.3) is 11.1 Å². The summed E-state index contributed by atoms with van der Waals surface area (Å²) in [4.78, 5) is 2.48. The predicted octanol–water partition coefficient (Wildman–Crippen LogP) is 6.08. The van der Waals surface area contributed by atoms with Gasteiger partial charge in [-0.05, 0) is 77.4 Å². The number of para-hydroxylation sites is 1. The van der Waals surface area contributed by atoms with Crippen LogP contribution in [0.15, 0.2) is 66.7 Å². The molecule has 3 aromatic carbocycles. The van der Waals surface area contributed by atoms with Gasteiger partial charge in [-0.1, -0.05) is 43.3 Å². The Labute approximate surface area is 207 Å². The van der Waals surface area contributed by atoms with E-state index >= 15 is 0 Å². The first kappa shape index (κ1) is 23.8. The molecular formula is C30H35FN2O2. The van der Waals surface area contributed by atoms with Crippen LogP contribution in [0, 0.1) is 5.41 Å². The Morgan fingerprint density at radius 2 is 1.80 bits per heavy atom. The van der Waals surface area contributed by atoms with E-state index in [0.29, 0.717) is 12.0 Å². The number of benzene rings is 3. The Hall–Kier alpha value is -2.89. The van der Waals surface area contributed by atoms with E-state index in [2.05, 4.69) is 48.2 Å². The number of aryl methyl sites for hydroxylation is 1. The maximum Gasteiger partial charge on any atom is 0.122 e. The highest BCUT2D eigenvalue weighted by molar-refractivity contribution is 5.70. The monoisotopic (exact) mass is 474 g/mol. The van der Waals surface area contributed by atoms with Crippen molar-refractivity contribution in [1.82, 2.24) is 0 Å². The third kappa shape index (κ3) is 5.21. The molecule has 0 bridgehead atoms. The van der Waals surface area contributed by atoms with E-state index in [9.17, 15) is 4.39 Å². The zero-order valence-electron chi connectivity index (χ0n) is 20.5. The van der Waals surface area contributed by atoms with Gasteiger partial charge in [-0.15, -0.1) is 0 Å². The lowest BCUT2D eigenvalue weighted by Crippen LogP contribution is -2.50. The number of anilines is 1. The standard InChI is InChI=1S/C30H35FN2O2/c1-2-23-6-3-4-9-29(23)35-19-22-14-26(24-7-5-8-25(16-24)28(32)18-31)17-27(15-22)33-12-10-30(11-13-33)20-34-21-30/h3-9,14-17,28H,2,10-13,18-21,32H2,1H3. The zero-order valence-corrected chi connectivity index (χ0v) is 20.5. The van der Waals surface area contributed by atoms with Crippen LogP contribution >= 0.6 is 0 Å². The Morgan fingerprint density at radius 1 is 1.00 bits per heavy atom. The highest BCUT2D eigenvalue weighted by Crippen LogP contribution is 2.40. The van der Waals surface area contributed by atoms with Crippen LogP contribution in [-0.4, -0.2) is 33.0 Å². The summed E-state index contributed by atoms with van der Waals surface area (Å²) in [6, 6.07) is 22.2. The molecule has 0 amide bonds. The molecule has 0 aromatic heterocycles. The maximum absolute atomic E-state index is 13.2. The van der Waals surface area contributed by atoms with Gasteiger partial charge in [0.05, 0.1) is 19.3 Å². The second kappa shape index (κ2) is 10.4. The lowest BCUT2D eigenvalue weighted by atomic mass is 9.76. The number of hydrogen-bond acceptors (Lipinski definition) is 4. The van der Waals surface area contributed by atoms with Crippen molar-refractivity contribution < 1.29 is 13.9 Å². The van der Waals surface area contributed by atoms with Gasteiger partial charge in [-0.2, -0.15) is 0 Å². The fourth-order valence-corrected chi connectivity index (χ4v) is 5.16. The molecular weight excluding hydrogens is 439 g/mol. The minimum Gasteiger partial charge on any atom is -0.489 e. The molecule has 2 N–H and O–H groups in total. The average molecular weight is 475 g/mol. The van der Waals surface area contributed by atoms with Crippen LogP contribution in [0.3, 0.4) is 0 Å². The Balaban J connectivity index is 1.44. The third-order valence-electron chi connectivity index (χ3n) is 7.55. The summed E-state index contributed by atoms with van der Waals surface area (Å²) in [6.45, 7) is 5.92. The molecule has 0 aliphatic carbocycles. The van der Waals surface area contributed by atoms with Gasteiger partial charge in [0, 0.05) is 24.2 Å². The van der Waals surface area contributed by atoms with Crippen molar-refractivity contribution >= 4 is 5.69 Å². The molecule has 2 aliphatic heterocycles. The SMILES string of the molecule is CCc1ccccc1OCc1cc(-c2cccc(C(N)CF)c2)cc(N2CCC3(CC2)COC3)c1. The molecule has 4 nitrogen and oxygen atoms in total. The molecule has 1 atom stereocenters. The highest BCUT2D eigenvalue weighted by Gasteiger charge is 2.41. The largest absolute Gasteiger partial charge is 0.489 e. The van der Waals surface area contributed by atoms with E-state index in [4.69, 9.17) is 15.2 Å². The Kier molecular flexibility index (Phi) is 7.07. The molecule has 3 aromatic rings. The summed E-state index contributed by atoms with van der Waals surface area (Å²) in [7, 11) is 0. The molecule has 5 rings (SSSR count). The van der Waals surface area contributed by atoms with Gasteiger partial charge in [-0.3, -0.25) is 0 Å². The molecule has 1 spiro atoms. The van der Waals surface area contributed by atoms with Gasteiger partial charge in [0.2, 0.25) is 0 Å². The van der Waals surface area contributed by atoms with E-state index < -0.39 is 12.7 Å². The van der Waals surface area contributed by atoms with Crippen molar-refractivity contribution in [3.63, 3.8) is 0 Å². The smallest absolute Gasteiger partial charge is 0.122 e. The van der Waals surface area contributed by atoms with Crippen LogP contribution in [-0.2, 0) is 17.8 Å². The predicted molar refractivity (Wildman–Crippen MR) is 140 cm³/mol. The van der Waals surface area contributed by atoms with Crippen LogP contribution in [0.5, 0.6) is 5.75 Å². The molecule has 184 valence electrons. The molecule has 2 saturated heterocycles. The summed E-state index contributed by atoms with van der Waals surface area (Å²) in [5.41, 5.74) is 12.9. The van der Waals surface area contributed by atoms with Crippen LogP contribution in [0.1, 0.15) is 42.5 Å². The van der Waals surface area contributed by atoms with Crippen molar-refractivity contribution in [2.24, 2.45) is 11.1 Å².